The lowest BCUT2D eigenvalue weighted by atomic mass is 9.94. The molecule has 1 heterocycles. The molecule has 0 N–H and O–H groups in total. The van der Waals surface area contributed by atoms with Crippen LogP contribution in [0, 0.1) is 0 Å². The average Bonchev–Trinajstić information content (AvgIpc) is 3.79. The highest BCUT2D eigenvalue weighted by Crippen LogP contribution is 2.41. The number of rotatable bonds is 9. The first-order valence-corrected chi connectivity index (χ1v) is 22.6. The van der Waals surface area contributed by atoms with Gasteiger partial charge in [0.05, 0.1) is 0 Å². The maximum atomic E-state index is 6.26. The molecule has 0 aliphatic rings. The van der Waals surface area contributed by atoms with Crippen molar-refractivity contribution in [2.24, 2.45) is 0 Å². The van der Waals surface area contributed by atoms with Gasteiger partial charge in [-0.05, 0) is 138 Å². The second kappa shape index (κ2) is 16.8. The molecule has 0 aliphatic carbocycles. The number of benzene rings is 11. The van der Waals surface area contributed by atoms with Gasteiger partial charge in [-0.25, -0.2) is 0 Å². The maximum absolute atomic E-state index is 6.26. The molecular weight excluding hydrogens is 799 g/mol. The van der Waals surface area contributed by atoms with Gasteiger partial charge in [-0.3, -0.25) is 0 Å². The third-order valence-electron chi connectivity index (χ3n) is 12.9. The smallest absolute Gasteiger partial charge is 0.136 e. The minimum Gasteiger partial charge on any atom is -0.456 e. The van der Waals surface area contributed by atoms with Crippen LogP contribution in [0.5, 0.6) is 0 Å². The molecule has 0 atom stereocenters. The number of anilines is 3. The van der Waals surface area contributed by atoms with Gasteiger partial charge in [-0.1, -0.05) is 200 Å². The van der Waals surface area contributed by atoms with Crippen LogP contribution in [-0.2, 0) is 0 Å². The molecule has 0 saturated heterocycles. The fourth-order valence-electron chi connectivity index (χ4n) is 9.55. The molecule has 0 amide bonds. The molecule has 66 heavy (non-hydrogen) atoms. The Bertz CT molecular complexity index is 3660. The predicted molar refractivity (Wildman–Crippen MR) is 279 cm³/mol. The van der Waals surface area contributed by atoms with E-state index < -0.39 is 0 Å². The van der Waals surface area contributed by atoms with Crippen molar-refractivity contribution < 1.29 is 4.42 Å². The van der Waals surface area contributed by atoms with E-state index in [9.17, 15) is 0 Å². The van der Waals surface area contributed by atoms with Crippen LogP contribution in [-0.4, -0.2) is 0 Å². The Morgan fingerprint density at radius 2 is 0.652 bits per heavy atom. The van der Waals surface area contributed by atoms with E-state index in [0.29, 0.717) is 0 Å². The zero-order valence-electron chi connectivity index (χ0n) is 36.2. The first-order chi connectivity index (χ1) is 32.7. The minimum absolute atomic E-state index is 0.897. The molecule has 0 fully saturated rings. The van der Waals surface area contributed by atoms with Gasteiger partial charge in [-0.2, -0.15) is 0 Å². The van der Waals surface area contributed by atoms with Gasteiger partial charge in [0.2, 0.25) is 0 Å². The van der Waals surface area contributed by atoms with Crippen LogP contribution in [0.25, 0.3) is 99.5 Å². The molecule has 1 aromatic heterocycles. The van der Waals surface area contributed by atoms with Gasteiger partial charge < -0.3 is 9.32 Å². The van der Waals surface area contributed by atoms with Crippen LogP contribution in [0.15, 0.2) is 265 Å². The zero-order chi connectivity index (χ0) is 43.8. The van der Waals surface area contributed by atoms with E-state index in [2.05, 4.69) is 254 Å². The number of para-hydroxylation sites is 1. The van der Waals surface area contributed by atoms with Gasteiger partial charge in [0, 0.05) is 27.8 Å². The molecule has 0 radical (unpaired) electrons. The quantitative estimate of drug-likeness (QED) is 0.144. The topological polar surface area (TPSA) is 16.4 Å². The highest BCUT2D eigenvalue weighted by molar-refractivity contribution is 6.12. The number of nitrogens with zero attached hydrogens (tertiary/aromatic N) is 1. The lowest BCUT2D eigenvalue weighted by Gasteiger charge is -2.26. The summed E-state index contributed by atoms with van der Waals surface area (Å²) >= 11 is 0. The molecule has 12 rings (SSSR count). The Balaban J connectivity index is 0.873. The molecule has 310 valence electrons. The van der Waals surface area contributed by atoms with Gasteiger partial charge in [-0.15, -0.1) is 0 Å². The molecule has 0 unspecified atom stereocenters. The molecule has 0 bridgehead atoms. The highest BCUT2D eigenvalue weighted by atomic mass is 16.3. The fraction of sp³-hybridized carbons (Fsp3) is 0. The van der Waals surface area contributed by atoms with E-state index in [1.165, 1.54) is 66.4 Å². The summed E-state index contributed by atoms with van der Waals surface area (Å²) in [5.74, 6) is 0. The molecule has 11 aromatic carbocycles. The number of fused-ring (bicyclic) bond motifs is 4. The molecular formula is C64H43NO. The Morgan fingerprint density at radius 3 is 1.32 bits per heavy atom. The van der Waals surface area contributed by atoms with Crippen molar-refractivity contribution in [3.8, 4) is 66.8 Å². The van der Waals surface area contributed by atoms with E-state index in [0.717, 1.165) is 50.1 Å². The fourth-order valence-corrected chi connectivity index (χ4v) is 9.55. The Morgan fingerprint density at radius 1 is 0.242 bits per heavy atom. The van der Waals surface area contributed by atoms with Crippen LogP contribution < -0.4 is 4.90 Å². The third kappa shape index (κ3) is 7.31. The summed E-state index contributed by atoms with van der Waals surface area (Å²) in [4.78, 5) is 2.35. The highest BCUT2D eigenvalue weighted by Gasteiger charge is 2.17. The van der Waals surface area contributed by atoms with Gasteiger partial charge in [0.1, 0.15) is 11.2 Å². The van der Waals surface area contributed by atoms with Gasteiger partial charge >= 0.3 is 0 Å². The predicted octanol–water partition coefficient (Wildman–Crippen LogP) is 18.2. The van der Waals surface area contributed by atoms with Crippen LogP contribution in [0.2, 0.25) is 0 Å². The molecule has 2 nitrogen and oxygen atoms in total. The van der Waals surface area contributed by atoms with E-state index >= 15 is 0 Å². The maximum Gasteiger partial charge on any atom is 0.136 e. The van der Waals surface area contributed by atoms with Crippen molar-refractivity contribution >= 4 is 49.8 Å². The number of hydrogen-bond acceptors (Lipinski definition) is 2. The molecule has 0 spiro atoms. The lowest BCUT2D eigenvalue weighted by Crippen LogP contribution is -2.09. The SMILES string of the molecule is c1ccc(-c2ccccc2-c2ccc(N(c3ccc(-c4ccc(-c5cccc(-c6ccc7ccccc7c6)c5)cc4)cc3)c3ccc(-c4cccc5oc6ccccc6c45)cc3)cc2)cc1. The van der Waals surface area contributed by atoms with Crippen molar-refractivity contribution in [1.82, 2.24) is 0 Å². The number of furan rings is 1. The Kier molecular flexibility index (Phi) is 9.89. The van der Waals surface area contributed by atoms with Crippen LogP contribution in [0.4, 0.5) is 17.1 Å². The van der Waals surface area contributed by atoms with E-state index in [1.54, 1.807) is 0 Å². The van der Waals surface area contributed by atoms with Gasteiger partial charge in [0.15, 0.2) is 0 Å². The second-order valence-electron chi connectivity index (χ2n) is 16.9. The third-order valence-corrected chi connectivity index (χ3v) is 12.9. The zero-order valence-corrected chi connectivity index (χ0v) is 36.2. The van der Waals surface area contributed by atoms with Crippen molar-refractivity contribution in [1.29, 1.82) is 0 Å². The largest absolute Gasteiger partial charge is 0.456 e. The van der Waals surface area contributed by atoms with Crippen molar-refractivity contribution in [2.45, 2.75) is 0 Å². The van der Waals surface area contributed by atoms with Crippen molar-refractivity contribution in [3.63, 3.8) is 0 Å². The molecule has 0 aliphatic heterocycles. The van der Waals surface area contributed by atoms with Crippen LogP contribution >= 0.6 is 0 Å². The summed E-state index contributed by atoms with van der Waals surface area (Å²) in [7, 11) is 0. The number of hydrogen-bond donors (Lipinski definition) is 0. The summed E-state index contributed by atoms with van der Waals surface area (Å²) in [5.41, 5.74) is 19.3. The second-order valence-corrected chi connectivity index (χ2v) is 16.9. The first kappa shape index (κ1) is 38.9. The summed E-state index contributed by atoms with van der Waals surface area (Å²) < 4.78 is 6.26. The Labute approximate surface area is 384 Å². The van der Waals surface area contributed by atoms with E-state index in [4.69, 9.17) is 4.42 Å². The van der Waals surface area contributed by atoms with Crippen LogP contribution in [0.3, 0.4) is 0 Å². The minimum atomic E-state index is 0.897. The molecule has 0 saturated carbocycles. The van der Waals surface area contributed by atoms with Gasteiger partial charge in [0.25, 0.3) is 0 Å². The lowest BCUT2D eigenvalue weighted by molar-refractivity contribution is 0.669. The van der Waals surface area contributed by atoms with Crippen molar-refractivity contribution in [2.75, 3.05) is 4.90 Å². The molecule has 12 aromatic rings. The monoisotopic (exact) mass is 841 g/mol. The normalized spacial score (nSPS) is 11.3. The summed E-state index contributed by atoms with van der Waals surface area (Å²) in [6.45, 7) is 0. The van der Waals surface area contributed by atoms with E-state index in [-0.39, 0.29) is 0 Å². The standard InChI is InChI=1S/C64H43NO/c1-2-13-48(14-3-1)58-18-6-7-19-59(58)49-32-38-56(39-33-49)65(57-40-34-50(35-41-57)60-21-11-23-63-64(60)61-20-8-9-22-62(61)66-63)55-36-30-46(31-37-55)45-24-26-47(27-25-45)52-16-10-17-53(42-52)54-29-28-44-12-4-5-15-51(44)43-54/h1-43H. The summed E-state index contributed by atoms with van der Waals surface area (Å²) in [6.07, 6.45) is 0. The first-order valence-electron chi connectivity index (χ1n) is 22.6. The Hall–Kier alpha value is -8.72. The van der Waals surface area contributed by atoms with Crippen molar-refractivity contribution in [3.05, 3.63) is 261 Å². The van der Waals surface area contributed by atoms with E-state index in [1.807, 2.05) is 12.1 Å². The summed E-state index contributed by atoms with van der Waals surface area (Å²) in [6, 6.07) is 93.8. The average molecular weight is 842 g/mol. The summed E-state index contributed by atoms with van der Waals surface area (Å²) in [5, 5.41) is 4.78. The van der Waals surface area contributed by atoms with Crippen LogP contribution in [0.1, 0.15) is 0 Å². The molecule has 2 heteroatoms.